The van der Waals surface area contributed by atoms with Crippen molar-refractivity contribution in [3.63, 3.8) is 0 Å². The normalized spacial score (nSPS) is 12.2. The van der Waals surface area contributed by atoms with Crippen LogP contribution in [-0.2, 0) is 26.5 Å². The molecular formula is C16H20N2O4S2. The molecule has 0 aliphatic carbocycles. The van der Waals surface area contributed by atoms with Crippen LogP contribution in [0.5, 0.6) is 0 Å². The summed E-state index contributed by atoms with van der Waals surface area (Å²) in [5, 5.41) is 5.04. The van der Waals surface area contributed by atoms with E-state index in [0.717, 1.165) is 5.56 Å². The van der Waals surface area contributed by atoms with Crippen LogP contribution in [0.3, 0.4) is 0 Å². The predicted octanol–water partition coefficient (Wildman–Crippen LogP) is 1.55. The van der Waals surface area contributed by atoms with Crippen LogP contribution >= 0.6 is 0 Å². The maximum Gasteiger partial charge on any atom is 0.240 e. The third-order valence-corrected chi connectivity index (χ3v) is 6.12. The van der Waals surface area contributed by atoms with Crippen molar-refractivity contribution in [1.82, 2.24) is 4.72 Å². The lowest BCUT2D eigenvalue weighted by atomic mass is 10.1. The first-order valence-corrected chi connectivity index (χ1v) is 10.4. The highest BCUT2D eigenvalue weighted by atomic mass is 32.2. The molecule has 0 heterocycles. The molecule has 2 aromatic carbocycles. The van der Waals surface area contributed by atoms with E-state index in [9.17, 15) is 16.8 Å². The second kappa shape index (κ2) is 7.43. The lowest BCUT2D eigenvalue weighted by Crippen LogP contribution is -2.25. The summed E-state index contributed by atoms with van der Waals surface area (Å²) in [6.07, 6.45) is 1.22. The summed E-state index contributed by atoms with van der Waals surface area (Å²) < 4.78 is 49.4. The molecule has 0 aliphatic rings. The van der Waals surface area contributed by atoms with Gasteiger partial charge in [0, 0.05) is 6.54 Å². The first kappa shape index (κ1) is 18.6. The fraction of sp³-hybridized carbons (Fsp3) is 0.250. The number of nitrogens with one attached hydrogen (secondary N) is 1. The lowest BCUT2D eigenvalue weighted by molar-refractivity contribution is 0.578. The Hall–Kier alpha value is -1.74. The summed E-state index contributed by atoms with van der Waals surface area (Å²) in [5.74, 6) is 0. The van der Waals surface area contributed by atoms with Gasteiger partial charge in [-0.15, -0.1) is 0 Å². The Bertz CT molecular complexity index is 905. The first-order valence-electron chi connectivity index (χ1n) is 7.37. The van der Waals surface area contributed by atoms with Gasteiger partial charge in [0.15, 0.2) is 0 Å². The highest BCUT2D eigenvalue weighted by Gasteiger charge is 2.15. The molecule has 0 atom stereocenters. The number of hydrogen-bond donors (Lipinski definition) is 2. The predicted molar refractivity (Wildman–Crippen MR) is 92.5 cm³/mol. The summed E-state index contributed by atoms with van der Waals surface area (Å²) in [4.78, 5) is 0.342. The van der Waals surface area contributed by atoms with Crippen LogP contribution in [0.2, 0.25) is 0 Å². The van der Waals surface area contributed by atoms with E-state index in [-0.39, 0.29) is 9.79 Å². The van der Waals surface area contributed by atoms with Crippen LogP contribution in [0.15, 0.2) is 58.3 Å². The second-order valence-corrected chi connectivity index (χ2v) is 8.75. The molecule has 2 aromatic rings. The van der Waals surface area contributed by atoms with Gasteiger partial charge in [-0.05, 0) is 49.1 Å². The van der Waals surface area contributed by atoms with Crippen molar-refractivity contribution < 1.29 is 16.8 Å². The van der Waals surface area contributed by atoms with Crippen molar-refractivity contribution in [3.05, 3.63) is 59.7 Å². The van der Waals surface area contributed by atoms with Crippen molar-refractivity contribution >= 4 is 20.0 Å². The third-order valence-electron chi connectivity index (χ3n) is 3.57. The largest absolute Gasteiger partial charge is 0.240 e. The van der Waals surface area contributed by atoms with Gasteiger partial charge in [-0.2, -0.15) is 0 Å². The van der Waals surface area contributed by atoms with E-state index in [1.165, 1.54) is 12.1 Å². The molecular weight excluding hydrogens is 348 g/mol. The molecule has 2 rings (SSSR count). The number of aryl methyl sites for hydroxylation is 2. The summed E-state index contributed by atoms with van der Waals surface area (Å²) in [7, 11) is -7.21. The number of sulfonamides is 2. The fourth-order valence-corrected chi connectivity index (χ4v) is 4.11. The van der Waals surface area contributed by atoms with Gasteiger partial charge in [-0.3, -0.25) is 0 Å². The third kappa shape index (κ3) is 4.88. The average molecular weight is 368 g/mol. The van der Waals surface area contributed by atoms with Gasteiger partial charge in [0.1, 0.15) is 0 Å². The van der Waals surface area contributed by atoms with Gasteiger partial charge in [0.05, 0.1) is 9.79 Å². The van der Waals surface area contributed by atoms with Gasteiger partial charge < -0.3 is 0 Å². The minimum atomic E-state index is -3.69. The molecule has 0 saturated heterocycles. The topological polar surface area (TPSA) is 106 Å². The Kier molecular flexibility index (Phi) is 5.76. The van der Waals surface area contributed by atoms with Crippen LogP contribution in [-0.4, -0.2) is 23.4 Å². The van der Waals surface area contributed by atoms with Crippen LogP contribution in [0.4, 0.5) is 0 Å². The highest BCUT2D eigenvalue weighted by Crippen LogP contribution is 2.14. The Balaban J connectivity index is 1.90. The van der Waals surface area contributed by atoms with Gasteiger partial charge in [-0.25, -0.2) is 26.7 Å². The van der Waals surface area contributed by atoms with E-state index < -0.39 is 20.0 Å². The number of rotatable bonds is 7. The molecule has 130 valence electrons. The molecule has 3 N–H and O–H groups in total. The Morgan fingerprint density at radius 3 is 2.17 bits per heavy atom. The van der Waals surface area contributed by atoms with Crippen molar-refractivity contribution in [2.24, 2.45) is 5.14 Å². The van der Waals surface area contributed by atoms with Gasteiger partial charge in [-0.1, -0.05) is 30.3 Å². The summed E-state index contributed by atoms with van der Waals surface area (Å²) in [6.45, 7) is 2.05. The molecule has 0 fully saturated rings. The second-order valence-electron chi connectivity index (χ2n) is 5.46. The zero-order valence-electron chi connectivity index (χ0n) is 13.3. The van der Waals surface area contributed by atoms with Crippen molar-refractivity contribution in [2.45, 2.75) is 29.6 Å². The molecule has 6 nitrogen and oxygen atoms in total. The van der Waals surface area contributed by atoms with Crippen LogP contribution in [0.1, 0.15) is 17.5 Å². The number of primary sulfonamides is 1. The number of nitrogens with two attached hydrogens (primary N) is 1. The van der Waals surface area contributed by atoms with Crippen LogP contribution < -0.4 is 9.86 Å². The van der Waals surface area contributed by atoms with Crippen LogP contribution in [0.25, 0.3) is 0 Å². The highest BCUT2D eigenvalue weighted by molar-refractivity contribution is 7.89. The van der Waals surface area contributed by atoms with E-state index in [1.807, 2.05) is 0 Å². The average Bonchev–Trinajstić information content (AvgIpc) is 2.51. The molecule has 0 radical (unpaired) electrons. The summed E-state index contributed by atoms with van der Waals surface area (Å²) in [5.41, 5.74) is 1.61. The molecule has 0 spiro atoms. The van der Waals surface area contributed by atoms with E-state index in [2.05, 4.69) is 4.72 Å². The van der Waals surface area contributed by atoms with Crippen molar-refractivity contribution in [2.75, 3.05) is 6.54 Å². The van der Waals surface area contributed by atoms with E-state index in [4.69, 9.17) is 5.14 Å². The summed E-state index contributed by atoms with van der Waals surface area (Å²) >= 11 is 0. The summed E-state index contributed by atoms with van der Waals surface area (Å²) in [6, 6.07) is 13.1. The number of hydrogen-bond acceptors (Lipinski definition) is 4. The van der Waals surface area contributed by atoms with Gasteiger partial charge in [0.25, 0.3) is 0 Å². The Labute approximate surface area is 142 Å². The molecule has 0 unspecified atom stereocenters. The van der Waals surface area contributed by atoms with Gasteiger partial charge in [0.2, 0.25) is 20.0 Å². The quantitative estimate of drug-likeness (QED) is 0.723. The van der Waals surface area contributed by atoms with Gasteiger partial charge >= 0.3 is 0 Å². The maximum absolute atomic E-state index is 12.2. The minimum Gasteiger partial charge on any atom is -0.225 e. The fourth-order valence-electron chi connectivity index (χ4n) is 2.28. The smallest absolute Gasteiger partial charge is 0.225 e. The van der Waals surface area contributed by atoms with E-state index >= 15 is 0 Å². The molecule has 0 aromatic heterocycles. The van der Waals surface area contributed by atoms with Crippen LogP contribution in [0, 0.1) is 6.92 Å². The SMILES string of the molecule is Cc1ccccc1S(=O)(=O)NCCCc1ccc(S(N)(=O)=O)cc1. The molecule has 8 heteroatoms. The first-order chi connectivity index (χ1) is 11.2. The van der Waals surface area contributed by atoms with Crippen molar-refractivity contribution in [1.29, 1.82) is 0 Å². The van der Waals surface area contributed by atoms with E-state index in [0.29, 0.717) is 24.9 Å². The molecule has 24 heavy (non-hydrogen) atoms. The monoisotopic (exact) mass is 368 g/mol. The van der Waals surface area contributed by atoms with E-state index in [1.54, 1.807) is 43.3 Å². The molecule has 0 bridgehead atoms. The van der Waals surface area contributed by atoms with Crippen molar-refractivity contribution in [3.8, 4) is 0 Å². The Morgan fingerprint density at radius 1 is 0.958 bits per heavy atom. The molecule has 0 amide bonds. The molecule has 0 saturated carbocycles. The standard InChI is InChI=1S/C16H20N2O4S2/c1-13-5-2-3-7-16(13)24(21,22)18-12-4-6-14-8-10-15(11-9-14)23(17,19)20/h2-3,5,7-11,18H,4,6,12H2,1H3,(H2,17,19,20). The lowest BCUT2D eigenvalue weighted by Gasteiger charge is -2.09. The number of benzene rings is 2. The Morgan fingerprint density at radius 2 is 1.58 bits per heavy atom. The zero-order chi connectivity index (χ0) is 17.8. The zero-order valence-corrected chi connectivity index (χ0v) is 14.9. The minimum absolute atomic E-state index is 0.0616. The molecule has 0 aliphatic heterocycles. The maximum atomic E-state index is 12.2.